The summed E-state index contributed by atoms with van der Waals surface area (Å²) in [5.74, 6) is 0. The van der Waals surface area contributed by atoms with Crippen molar-refractivity contribution < 1.29 is 35.6 Å². The molecule has 0 unspecified atom stereocenters. The molecule has 0 amide bonds. The zero-order valence-electron chi connectivity index (χ0n) is 47.4. The standard InChI is InChI=1S/C42H26S/c1-2-10-28(11-3-1)41-34-14-6-8-16-36(34)42(37-17-9-7-15-35(37)41)29-20-18-27(19-21-29)32-22-23-33-38-24-30-12-4-5-13-31(30)25-40(38)43-39(33)26-32/h1-26H/i1D,2D,3D,4D,5D,6D,7D,8D,9D,10D,11D,12D,13D,14D,15D,16D,17D,18D,19D,20D,21D,22D,23D,24D,25D,26D. The van der Waals surface area contributed by atoms with Crippen molar-refractivity contribution in [3.05, 3.63) is 157 Å². The van der Waals surface area contributed by atoms with Gasteiger partial charge in [0.15, 0.2) is 0 Å². The van der Waals surface area contributed by atoms with Gasteiger partial charge in [-0.25, -0.2) is 0 Å². The first-order valence-electron chi connectivity index (χ1n) is 25.7. The van der Waals surface area contributed by atoms with Gasteiger partial charge in [0.05, 0.1) is 35.6 Å². The van der Waals surface area contributed by atoms with Crippen LogP contribution in [0.15, 0.2) is 157 Å². The van der Waals surface area contributed by atoms with Crippen molar-refractivity contribution in [1.29, 1.82) is 0 Å². The monoisotopic (exact) mass is 588 g/mol. The maximum Gasteiger partial charge on any atom is 0.0644 e. The van der Waals surface area contributed by atoms with Gasteiger partial charge in [0.25, 0.3) is 0 Å². The van der Waals surface area contributed by atoms with Crippen LogP contribution in [0, 0.1) is 0 Å². The molecule has 1 heterocycles. The molecule has 1 heteroatoms. The minimum absolute atomic E-state index is 0.0825. The van der Waals surface area contributed by atoms with Gasteiger partial charge < -0.3 is 0 Å². The maximum atomic E-state index is 9.49. The molecule has 0 saturated carbocycles. The summed E-state index contributed by atoms with van der Waals surface area (Å²) in [5.41, 5.74) is -4.21. The second-order valence-electron chi connectivity index (χ2n) is 9.26. The lowest BCUT2D eigenvalue weighted by Crippen LogP contribution is -1.90. The first-order chi connectivity index (χ1) is 32.2. The van der Waals surface area contributed by atoms with E-state index in [1.807, 2.05) is 0 Å². The molecule has 0 aliphatic carbocycles. The van der Waals surface area contributed by atoms with Crippen LogP contribution in [0.5, 0.6) is 0 Å². The second-order valence-corrected chi connectivity index (χ2v) is 10.3. The minimum Gasteiger partial charge on any atom is -0.135 e. The third kappa shape index (κ3) is 3.90. The van der Waals surface area contributed by atoms with E-state index < -0.39 is 212 Å². The zero-order chi connectivity index (χ0) is 51.0. The number of hydrogen-bond acceptors (Lipinski definition) is 1. The second kappa shape index (κ2) is 9.66. The molecule has 0 spiro atoms. The molecule has 1 aromatic heterocycles. The molecule has 0 nitrogen and oxygen atoms in total. The van der Waals surface area contributed by atoms with Gasteiger partial charge in [0, 0.05) is 20.2 Å². The smallest absolute Gasteiger partial charge is 0.0644 e. The SMILES string of the molecule is [2H]c1c([2H])c([2H])c(-c2c3c([2H])c([2H])c([2H])c([2H])c3c(-c3c([2H])c([2H])c(-c4c([2H])c([2H])c5c(sc6c([2H])c7c([2H])c([2H])c([2H])c([2H])c7c([2H])c65)c4[2H])c([2H])c3[2H])c3c([2H])c([2H])c([2H])c([2H])c23)c([2H])c1[2H]. The summed E-state index contributed by atoms with van der Waals surface area (Å²) < 4.78 is 231. The number of benzene rings is 8. The van der Waals surface area contributed by atoms with Crippen molar-refractivity contribution in [2.45, 2.75) is 0 Å². The lowest BCUT2D eigenvalue weighted by Gasteiger charge is -2.18. The molecular weight excluding hydrogens is 537 g/mol. The van der Waals surface area contributed by atoms with E-state index in [9.17, 15) is 11.0 Å². The first kappa shape index (κ1) is 9.91. The fraction of sp³-hybridized carbons (Fsp3) is 0. The van der Waals surface area contributed by atoms with Crippen LogP contribution >= 0.6 is 11.3 Å². The van der Waals surface area contributed by atoms with Gasteiger partial charge in [-0.05, 0) is 83.8 Å². The van der Waals surface area contributed by atoms with Gasteiger partial charge in [0.1, 0.15) is 0 Å². The van der Waals surface area contributed by atoms with Crippen LogP contribution in [0.25, 0.3) is 85.9 Å². The van der Waals surface area contributed by atoms with Crippen LogP contribution in [0.3, 0.4) is 0 Å². The Bertz CT molecular complexity index is 3830. The summed E-state index contributed by atoms with van der Waals surface area (Å²) in [4.78, 5) is 0. The van der Waals surface area contributed by atoms with Crippen molar-refractivity contribution in [3.63, 3.8) is 0 Å². The molecule has 0 bridgehead atoms. The predicted octanol–water partition coefficient (Wildman–Crippen LogP) is 12.5. The van der Waals surface area contributed by atoms with Crippen LogP contribution < -0.4 is 0 Å². The third-order valence-corrected chi connectivity index (χ3v) is 7.91. The molecule has 0 fully saturated rings. The summed E-state index contributed by atoms with van der Waals surface area (Å²) in [5, 5.41) is -3.73. The van der Waals surface area contributed by atoms with Crippen molar-refractivity contribution in [2.75, 3.05) is 0 Å². The Labute approximate surface area is 290 Å². The maximum absolute atomic E-state index is 9.49. The number of thiophene rings is 1. The average molecular weight is 589 g/mol. The van der Waals surface area contributed by atoms with E-state index in [1.165, 1.54) is 0 Å². The van der Waals surface area contributed by atoms with Crippen LogP contribution in [0.4, 0.5) is 0 Å². The average Bonchev–Trinajstić information content (AvgIpc) is 3.74. The molecule has 0 aliphatic rings. The summed E-state index contributed by atoms with van der Waals surface area (Å²) >= 11 is 0.667. The van der Waals surface area contributed by atoms with Crippen molar-refractivity contribution >= 4 is 63.8 Å². The van der Waals surface area contributed by atoms with Crippen molar-refractivity contribution in [1.82, 2.24) is 0 Å². The topological polar surface area (TPSA) is 0 Å². The molecule has 0 radical (unpaired) electrons. The Kier molecular flexibility index (Phi) is 2.23. The van der Waals surface area contributed by atoms with Gasteiger partial charge >= 0.3 is 0 Å². The Morgan fingerprint density at radius 2 is 0.791 bits per heavy atom. The summed E-state index contributed by atoms with van der Waals surface area (Å²) in [6.45, 7) is 0. The third-order valence-electron chi connectivity index (χ3n) is 6.89. The highest BCUT2D eigenvalue weighted by molar-refractivity contribution is 7.25. The first-order valence-corrected chi connectivity index (χ1v) is 13.5. The van der Waals surface area contributed by atoms with E-state index in [-0.39, 0.29) is 30.9 Å². The Hall–Kier alpha value is -5.24. The van der Waals surface area contributed by atoms with Crippen molar-refractivity contribution in [3.8, 4) is 33.4 Å². The normalized spacial score (nSPS) is 20.2. The number of fused-ring (bicyclic) bond motifs is 6. The molecule has 0 saturated heterocycles. The highest BCUT2D eigenvalue weighted by Crippen LogP contribution is 2.44. The molecular formula is C42H26S. The van der Waals surface area contributed by atoms with Gasteiger partial charge in [-0.2, -0.15) is 0 Å². The molecule has 9 aromatic rings. The van der Waals surface area contributed by atoms with Gasteiger partial charge in [-0.3, -0.25) is 0 Å². The summed E-state index contributed by atoms with van der Waals surface area (Å²) in [6, 6.07) is -21.8. The number of rotatable bonds is 3. The molecule has 0 N–H and O–H groups in total. The van der Waals surface area contributed by atoms with E-state index in [4.69, 9.17) is 24.7 Å². The Morgan fingerprint density at radius 1 is 0.326 bits per heavy atom. The fourth-order valence-electron chi connectivity index (χ4n) is 5.04. The molecule has 0 aliphatic heterocycles. The van der Waals surface area contributed by atoms with Crippen molar-refractivity contribution in [2.24, 2.45) is 0 Å². The van der Waals surface area contributed by atoms with E-state index in [1.54, 1.807) is 0 Å². The molecule has 43 heavy (non-hydrogen) atoms. The van der Waals surface area contributed by atoms with Crippen LogP contribution in [0.1, 0.15) is 35.6 Å². The lowest BCUT2D eigenvalue weighted by molar-refractivity contribution is 1.63. The van der Waals surface area contributed by atoms with E-state index >= 15 is 0 Å². The minimum atomic E-state index is -1.03. The summed E-state index contributed by atoms with van der Waals surface area (Å²) in [6.07, 6.45) is 0. The zero-order valence-corrected chi connectivity index (χ0v) is 22.2. The van der Waals surface area contributed by atoms with Crippen LogP contribution in [-0.2, 0) is 0 Å². The molecule has 9 rings (SSSR count). The largest absolute Gasteiger partial charge is 0.135 e. The fourth-order valence-corrected chi connectivity index (χ4v) is 6.06. The van der Waals surface area contributed by atoms with Crippen LogP contribution in [-0.4, -0.2) is 0 Å². The van der Waals surface area contributed by atoms with Gasteiger partial charge in [-0.1, -0.05) is 139 Å². The molecule has 8 aromatic carbocycles. The van der Waals surface area contributed by atoms with Crippen LogP contribution in [0.2, 0.25) is 0 Å². The Balaban J connectivity index is 1.47. The highest BCUT2D eigenvalue weighted by Gasteiger charge is 2.16. The quantitative estimate of drug-likeness (QED) is 0.180. The van der Waals surface area contributed by atoms with Gasteiger partial charge in [0.2, 0.25) is 0 Å². The highest BCUT2D eigenvalue weighted by atomic mass is 32.1. The van der Waals surface area contributed by atoms with E-state index in [0.717, 1.165) is 0 Å². The Morgan fingerprint density at radius 3 is 1.42 bits per heavy atom. The van der Waals surface area contributed by atoms with Gasteiger partial charge in [-0.15, -0.1) is 11.3 Å². The van der Waals surface area contributed by atoms with E-state index in [2.05, 4.69) is 0 Å². The van der Waals surface area contributed by atoms with E-state index in [0.29, 0.717) is 11.3 Å². The predicted molar refractivity (Wildman–Crippen MR) is 188 cm³/mol. The lowest BCUT2D eigenvalue weighted by atomic mass is 9.86. The molecule has 200 valence electrons. The molecule has 0 atom stereocenters. The summed E-state index contributed by atoms with van der Waals surface area (Å²) in [7, 11) is 0. The number of hydrogen-bond donors (Lipinski definition) is 0.